The normalized spacial score (nSPS) is 44.7. The first kappa shape index (κ1) is 11.5. The van der Waals surface area contributed by atoms with Gasteiger partial charge in [0.2, 0.25) is 5.91 Å². The monoisotopic (exact) mass is 236 g/mol. The number of amides is 1. The smallest absolute Gasteiger partial charge is 0.237 e. The molecule has 0 aliphatic heterocycles. The zero-order valence-electron chi connectivity index (χ0n) is 10.7. The zero-order valence-corrected chi connectivity index (χ0v) is 10.7. The number of rotatable bonds is 3. The van der Waals surface area contributed by atoms with Crippen LogP contribution in [0.2, 0.25) is 0 Å². The molecule has 1 atom stereocenters. The lowest BCUT2D eigenvalue weighted by molar-refractivity contribution is -0.132. The first-order chi connectivity index (χ1) is 8.13. The summed E-state index contributed by atoms with van der Waals surface area (Å²) in [5.41, 5.74) is 6.44. The van der Waals surface area contributed by atoms with Gasteiger partial charge in [-0.1, -0.05) is 0 Å². The highest BCUT2D eigenvalue weighted by Gasteiger charge is 2.54. The Balaban J connectivity index is 1.79. The van der Waals surface area contributed by atoms with Gasteiger partial charge in [0.1, 0.15) is 0 Å². The Morgan fingerprint density at radius 1 is 1.24 bits per heavy atom. The van der Waals surface area contributed by atoms with Gasteiger partial charge in [-0.05, 0) is 68.6 Å². The average Bonchev–Trinajstić information content (AvgIpc) is 2.26. The van der Waals surface area contributed by atoms with Gasteiger partial charge in [0, 0.05) is 6.54 Å². The molecule has 3 nitrogen and oxygen atoms in total. The Morgan fingerprint density at radius 2 is 1.71 bits per heavy atom. The van der Waals surface area contributed by atoms with Crippen molar-refractivity contribution in [1.29, 1.82) is 0 Å². The Labute approximate surface area is 104 Å². The topological polar surface area (TPSA) is 55.1 Å². The largest absolute Gasteiger partial charge is 0.355 e. The molecule has 17 heavy (non-hydrogen) atoms. The van der Waals surface area contributed by atoms with Crippen molar-refractivity contribution in [2.24, 2.45) is 28.9 Å². The van der Waals surface area contributed by atoms with E-state index < -0.39 is 0 Å². The predicted molar refractivity (Wildman–Crippen MR) is 67.3 cm³/mol. The molecule has 4 saturated carbocycles. The van der Waals surface area contributed by atoms with Gasteiger partial charge in [-0.15, -0.1) is 0 Å². The van der Waals surface area contributed by atoms with Crippen molar-refractivity contribution in [3.8, 4) is 0 Å². The lowest BCUT2D eigenvalue weighted by Gasteiger charge is -2.58. The summed E-state index contributed by atoms with van der Waals surface area (Å²) in [7, 11) is 0. The van der Waals surface area contributed by atoms with Crippen LogP contribution in [-0.4, -0.2) is 18.5 Å². The molecule has 0 aromatic heterocycles. The van der Waals surface area contributed by atoms with E-state index in [9.17, 15) is 4.79 Å². The fraction of sp³-hybridized carbons (Fsp3) is 0.929. The first-order valence-corrected chi connectivity index (χ1v) is 7.16. The van der Waals surface area contributed by atoms with Gasteiger partial charge in [-0.3, -0.25) is 4.79 Å². The van der Waals surface area contributed by atoms with Crippen molar-refractivity contribution >= 4 is 5.91 Å². The molecule has 1 amide bonds. The summed E-state index contributed by atoms with van der Waals surface area (Å²) in [6.07, 6.45) is 7.83. The molecule has 0 spiro atoms. The Kier molecular flexibility index (Phi) is 2.69. The molecule has 4 rings (SSSR count). The van der Waals surface area contributed by atoms with E-state index in [4.69, 9.17) is 5.73 Å². The van der Waals surface area contributed by atoms with Gasteiger partial charge in [0.05, 0.1) is 6.04 Å². The Hall–Kier alpha value is -0.570. The van der Waals surface area contributed by atoms with Crippen LogP contribution in [0.4, 0.5) is 0 Å². The van der Waals surface area contributed by atoms with E-state index in [1.54, 1.807) is 0 Å². The van der Waals surface area contributed by atoms with Crippen LogP contribution in [0.25, 0.3) is 0 Å². The summed E-state index contributed by atoms with van der Waals surface area (Å²) in [5.74, 6) is 2.67. The molecular formula is C14H24N2O. The molecule has 4 bridgehead atoms. The van der Waals surface area contributed by atoms with Gasteiger partial charge in [-0.25, -0.2) is 0 Å². The number of carbonyl (C=O) groups excluding carboxylic acids is 1. The molecule has 4 aliphatic carbocycles. The molecule has 0 heterocycles. The summed E-state index contributed by atoms with van der Waals surface area (Å²) in [4.78, 5) is 12.0. The van der Waals surface area contributed by atoms with Gasteiger partial charge < -0.3 is 11.1 Å². The number of likely N-dealkylation sites (N-methyl/N-ethyl adjacent to an activating group) is 1. The van der Waals surface area contributed by atoms with Crippen molar-refractivity contribution in [2.45, 2.75) is 51.5 Å². The maximum atomic E-state index is 12.0. The molecule has 0 aromatic rings. The minimum absolute atomic E-state index is 0.0782. The molecule has 0 saturated heterocycles. The van der Waals surface area contributed by atoms with E-state index in [1.807, 2.05) is 6.92 Å². The Morgan fingerprint density at radius 3 is 2.12 bits per heavy atom. The second-order valence-electron chi connectivity index (χ2n) is 6.65. The summed E-state index contributed by atoms with van der Waals surface area (Å²) in [6, 6.07) is -0.268. The standard InChI is InChI=1S/C14H24N2O/c1-2-16-13(17)12(15)14-6-9-3-10(7-14)5-11(4-9)8-14/h9-12H,2-8,15H2,1H3,(H,16,17). The summed E-state index contributed by atoms with van der Waals surface area (Å²) in [6.45, 7) is 2.66. The van der Waals surface area contributed by atoms with E-state index >= 15 is 0 Å². The molecular weight excluding hydrogens is 212 g/mol. The lowest BCUT2D eigenvalue weighted by Crippen LogP contribution is -2.59. The van der Waals surface area contributed by atoms with Gasteiger partial charge in [-0.2, -0.15) is 0 Å². The molecule has 1 unspecified atom stereocenters. The van der Waals surface area contributed by atoms with Crippen molar-refractivity contribution in [3.63, 3.8) is 0 Å². The van der Waals surface area contributed by atoms with E-state index in [1.165, 1.54) is 38.5 Å². The predicted octanol–water partition coefficient (Wildman–Crippen LogP) is 1.67. The molecule has 3 heteroatoms. The number of nitrogens with one attached hydrogen (secondary N) is 1. The van der Waals surface area contributed by atoms with Gasteiger partial charge >= 0.3 is 0 Å². The maximum Gasteiger partial charge on any atom is 0.237 e. The minimum Gasteiger partial charge on any atom is -0.355 e. The van der Waals surface area contributed by atoms with E-state index in [2.05, 4.69) is 5.32 Å². The van der Waals surface area contributed by atoms with Crippen molar-refractivity contribution in [2.75, 3.05) is 6.54 Å². The second kappa shape index (κ2) is 3.98. The second-order valence-corrected chi connectivity index (χ2v) is 6.65. The third-order valence-corrected chi connectivity index (χ3v) is 5.38. The zero-order chi connectivity index (χ0) is 12.0. The van der Waals surface area contributed by atoms with Crippen LogP contribution in [0.15, 0.2) is 0 Å². The van der Waals surface area contributed by atoms with Crippen LogP contribution >= 0.6 is 0 Å². The van der Waals surface area contributed by atoms with Gasteiger partial charge in [0.15, 0.2) is 0 Å². The van der Waals surface area contributed by atoms with Crippen molar-refractivity contribution in [1.82, 2.24) is 5.32 Å². The van der Waals surface area contributed by atoms with Crippen LogP contribution in [0.3, 0.4) is 0 Å². The summed E-state index contributed by atoms with van der Waals surface area (Å²) < 4.78 is 0. The van der Waals surface area contributed by atoms with Crippen molar-refractivity contribution in [3.05, 3.63) is 0 Å². The molecule has 0 radical (unpaired) electrons. The summed E-state index contributed by atoms with van der Waals surface area (Å²) >= 11 is 0. The SMILES string of the molecule is CCNC(=O)C(N)C12CC3CC(CC(C3)C1)C2. The average molecular weight is 236 g/mol. The highest BCUT2D eigenvalue weighted by atomic mass is 16.2. The fourth-order valence-electron chi connectivity index (χ4n) is 5.12. The Bertz CT molecular complexity index is 291. The molecule has 3 N–H and O–H groups in total. The number of nitrogens with two attached hydrogens (primary N) is 1. The molecule has 96 valence electrons. The molecule has 0 aromatic carbocycles. The minimum atomic E-state index is -0.268. The van der Waals surface area contributed by atoms with Crippen LogP contribution in [0, 0.1) is 23.2 Å². The number of hydrogen-bond acceptors (Lipinski definition) is 2. The molecule has 4 aliphatic rings. The quantitative estimate of drug-likeness (QED) is 0.783. The fourth-order valence-corrected chi connectivity index (χ4v) is 5.12. The molecule has 4 fully saturated rings. The van der Waals surface area contributed by atoms with E-state index in [0.29, 0.717) is 6.54 Å². The van der Waals surface area contributed by atoms with Crippen LogP contribution in [-0.2, 0) is 4.79 Å². The van der Waals surface area contributed by atoms with Crippen LogP contribution < -0.4 is 11.1 Å². The first-order valence-electron chi connectivity index (χ1n) is 7.16. The van der Waals surface area contributed by atoms with Crippen molar-refractivity contribution < 1.29 is 4.79 Å². The lowest BCUT2D eigenvalue weighted by atomic mass is 9.47. The number of hydrogen-bond donors (Lipinski definition) is 2. The van der Waals surface area contributed by atoms with E-state index in [0.717, 1.165) is 17.8 Å². The third kappa shape index (κ3) is 1.79. The third-order valence-electron chi connectivity index (χ3n) is 5.38. The summed E-state index contributed by atoms with van der Waals surface area (Å²) in [5, 5.41) is 2.91. The van der Waals surface area contributed by atoms with Crippen LogP contribution in [0.1, 0.15) is 45.4 Å². The highest BCUT2D eigenvalue weighted by molar-refractivity contribution is 5.82. The maximum absolute atomic E-state index is 12.0. The van der Waals surface area contributed by atoms with E-state index in [-0.39, 0.29) is 17.4 Å². The van der Waals surface area contributed by atoms with Gasteiger partial charge in [0.25, 0.3) is 0 Å². The number of carbonyl (C=O) groups is 1. The highest BCUT2D eigenvalue weighted by Crippen LogP contribution is 2.60. The van der Waals surface area contributed by atoms with Crippen LogP contribution in [0.5, 0.6) is 0 Å².